The number of likely N-dealkylation sites (tertiary alicyclic amines) is 1. The van der Waals surface area contributed by atoms with E-state index in [0.717, 1.165) is 25.7 Å². The van der Waals surface area contributed by atoms with Gasteiger partial charge in [-0.2, -0.15) is 5.10 Å². The van der Waals surface area contributed by atoms with Crippen molar-refractivity contribution in [3.05, 3.63) is 11.9 Å². The maximum absolute atomic E-state index is 12.2. The Kier molecular flexibility index (Phi) is 3.33. The third kappa shape index (κ3) is 2.61. The lowest BCUT2D eigenvalue weighted by Crippen LogP contribution is -2.47. The van der Waals surface area contributed by atoms with Crippen LogP contribution in [0.5, 0.6) is 0 Å². The number of anilines is 1. The molecular weight excluding hydrogens is 258 g/mol. The maximum atomic E-state index is 12.2. The lowest BCUT2D eigenvalue weighted by atomic mass is 10.0. The van der Waals surface area contributed by atoms with Gasteiger partial charge >= 0.3 is 0 Å². The fraction of sp³-hybridized carbons (Fsp3) is 0.615. The van der Waals surface area contributed by atoms with Gasteiger partial charge in [-0.05, 0) is 25.7 Å². The molecule has 4 N–H and O–H groups in total. The van der Waals surface area contributed by atoms with Crippen LogP contribution >= 0.6 is 0 Å². The summed E-state index contributed by atoms with van der Waals surface area (Å²) in [6.45, 7) is 1.26. The van der Waals surface area contributed by atoms with E-state index < -0.39 is 0 Å². The Morgan fingerprint density at radius 2 is 2.00 bits per heavy atom. The van der Waals surface area contributed by atoms with E-state index in [1.165, 1.54) is 6.20 Å². The number of nitrogen functional groups attached to an aromatic ring is 1. The molecule has 0 radical (unpaired) electrons. The molecule has 20 heavy (non-hydrogen) atoms. The van der Waals surface area contributed by atoms with Crippen LogP contribution in [0.25, 0.3) is 0 Å². The molecule has 1 saturated carbocycles. The zero-order chi connectivity index (χ0) is 14.1. The summed E-state index contributed by atoms with van der Waals surface area (Å²) in [5, 5.41) is 9.46. The lowest BCUT2D eigenvalue weighted by Gasteiger charge is -2.32. The topological polar surface area (TPSA) is 104 Å². The van der Waals surface area contributed by atoms with Crippen LogP contribution in [0.4, 0.5) is 5.69 Å². The molecule has 7 heteroatoms. The van der Waals surface area contributed by atoms with Gasteiger partial charge in [0.2, 0.25) is 5.91 Å². The Bertz CT molecular complexity index is 515. The molecule has 2 aliphatic rings. The van der Waals surface area contributed by atoms with Crippen molar-refractivity contribution in [2.75, 3.05) is 18.8 Å². The van der Waals surface area contributed by atoms with E-state index in [0.29, 0.717) is 24.5 Å². The Labute approximate surface area is 116 Å². The number of nitrogens with two attached hydrogens (primary N) is 1. The number of aromatic amines is 1. The fourth-order valence-electron chi connectivity index (χ4n) is 2.52. The molecule has 2 amide bonds. The molecule has 0 aromatic carbocycles. The first-order chi connectivity index (χ1) is 9.65. The van der Waals surface area contributed by atoms with Crippen molar-refractivity contribution in [1.29, 1.82) is 0 Å². The van der Waals surface area contributed by atoms with Gasteiger partial charge in [-0.1, -0.05) is 0 Å². The Hall–Kier alpha value is -2.05. The number of H-pyrrole nitrogens is 1. The summed E-state index contributed by atoms with van der Waals surface area (Å²) in [7, 11) is 0. The number of hydrogen-bond donors (Lipinski definition) is 3. The van der Waals surface area contributed by atoms with Crippen molar-refractivity contribution in [1.82, 2.24) is 20.4 Å². The lowest BCUT2D eigenvalue weighted by molar-refractivity contribution is -0.123. The molecule has 2 heterocycles. The minimum atomic E-state index is -0.119. The third-order valence-corrected chi connectivity index (χ3v) is 3.96. The number of nitrogens with zero attached hydrogens (tertiary/aromatic N) is 2. The van der Waals surface area contributed by atoms with Gasteiger partial charge in [-0.15, -0.1) is 0 Å². The summed E-state index contributed by atoms with van der Waals surface area (Å²) in [6, 6.07) is 0.186. The molecule has 1 aliphatic carbocycles. The zero-order valence-electron chi connectivity index (χ0n) is 11.3. The van der Waals surface area contributed by atoms with Gasteiger partial charge in [0.1, 0.15) is 5.69 Å². The number of aromatic nitrogens is 2. The number of carbonyl (C=O) groups excluding carboxylic acids is 2. The van der Waals surface area contributed by atoms with E-state index in [-0.39, 0.29) is 23.8 Å². The highest BCUT2D eigenvalue weighted by atomic mass is 16.2. The zero-order valence-corrected chi connectivity index (χ0v) is 11.3. The monoisotopic (exact) mass is 277 g/mol. The summed E-state index contributed by atoms with van der Waals surface area (Å²) >= 11 is 0. The average Bonchev–Trinajstić information content (AvgIpc) is 3.21. The van der Waals surface area contributed by atoms with Crippen molar-refractivity contribution in [2.45, 2.75) is 31.7 Å². The van der Waals surface area contributed by atoms with Crippen molar-refractivity contribution in [3.63, 3.8) is 0 Å². The molecule has 2 fully saturated rings. The minimum absolute atomic E-state index is 0.119. The van der Waals surface area contributed by atoms with Crippen molar-refractivity contribution >= 4 is 17.5 Å². The summed E-state index contributed by atoms with van der Waals surface area (Å²) in [5.41, 5.74) is 6.41. The normalized spacial score (nSPS) is 19.9. The predicted octanol–water partition coefficient (Wildman–Crippen LogP) is 0.123. The van der Waals surface area contributed by atoms with Crippen LogP contribution in [0.2, 0.25) is 0 Å². The Morgan fingerprint density at radius 3 is 2.55 bits per heavy atom. The van der Waals surface area contributed by atoms with Gasteiger partial charge in [-0.3, -0.25) is 14.7 Å². The first-order valence-electron chi connectivity index (χ1n) is 7.03. The number of piperidine rings is 1. The van der Waals surface area contributed by atoms with E-state index in [1.807, 2.05) is 0 Å². The standard InChI is InChI=1S/C13H19N5O2/c14-10-7-15-17-11(10)13(20)18-5-3-9(4-6-18)16-12(19)8-1-2-8/h7-9H,1-6,14H2,(H,15,17)(H,16,19). The van der Waals surface area contributed by atoms with Crippen molar-refractivity contribution in [2.24, 2.45) is 5.92 Å². The van der Waals surface area contributed by atoms with Crippen LogP contribution in [0.1, 0.15) is 36.2 Å². The minimum Gasteiger partial charge on any atom is -0.396 e. The number of hydrogen-bond acceptors (Lipinski definition) is 4. The highest BCUT2D eigenvalue weighted by molar-refractivity contribution is 5.97. The summed E-state index contributed by atoms with van der Waals surface area (Å²) in [6.07, 6.45) is 5.05. The third-order valence-electron chi connectivity index (χ3n) is 3.96. The van der Waals surface area contributed by atoms with Crippen LogP contribution in [0.15, 0.2) is 6.20 Å². The van der Waals surface area contributed by atoms with E-state index >= 15 is 0 Å². The van der Waals surface area contributed by atoms with Crippen molar-refractivity contribution < 1.29 is 9.59 Å². The Morgan fingerprint density at radius 1 is 1.30 bits per heavy atom. The van der Waals surface area contributed by atoms with Crippen molar-refractivity contribution in [3.8, 4) is 0 Å². The number of carbonyl (C=O) groups is 2. The SMILES string of the molecule is Nc1cn[nH]c1C(=O)N1CCC(NC(=O)C2CC2)CC1. The molecule has 1 saturated heterocycles. The van der Waals surface area contributed by atoms with E-state index in [1.54, 1.807) is 4.90 Å². The smallest absolute Gasteiger partial charge is 0.274 e. The first-order valence-corrected chi connectivity index (χ1v) is 7.03. The molecule has 1 aromatic rings. The molecule has 1 aliphatic heterocycles. The molecule has 0 spiro atoms. The van der Waals surface area contributed by atoms with Crippen LogP contribution in [0, 0.1) is 5.92 Å². The average molecular weight is 277 g/mol. The number of rotatable bonds is 3. The van der Waals surface area contributed by atoms with Gasteiger partial charge in [0.15, 0.2) is 0 Å². The molecular formula is C13H19N5O2. The van der Waals surface area contributed by atoms with E-state index in [9.17, 15) is 9.59 Å². The molecule has 0 atom stereocenters. The fourth-order valence-corrected chi connectivity index (χ4v) is 2.52. The highest BCUT2D eigenvalue weighted by Gasteiger charge is 2.32. The summed E-state index contributed by atoms with van der Waals surface area (Å²) < 4.78 is 0. The van der Waals surface area contributed by atoms with Crippen LogP contribution in [0.3, 0.4) is 0 Å². The molecule has 7 nitrogen and oxygen atoms in total. The van der Waals surface area contributed by atoms with E-state index in [2.05, 4.69) is 15.5 Å². The van der Waals surface area contributed by atoms with Gasteiger partial charge in [0.05, 0.1) is 11.9 Å². The quantitative estimate of drug-likeness (QED) is 0.730. The molecule has 3 rings (SSSR count). The van der Waals surface area contributed by atoms with Crippen LogP contribution in [-0.2, 0) is 4.79 Å². The first kappa shape index (κ1) is 13.0. The predicted molar refractivity (Wildman–Crippen MR) is 72.8 cm³/mol. The summed E-state index contributed by atoms with van der Waals surface area (Å²) in [5.74, 6) is 0.291. The number of nitrogens with one attached hydrogen (secondary N) is 2. The molecule has 0 bridgehead atoms. The second kappa shape index (κ2) is 5.15. The van der Waals surface area contributed by atoms with Gasteiger partial charge in [0, 0.05) is 25.0 Å². The van der Waals surface area contributed by atoms with Crippen LogP contribution in [-0.4, -0.2) is 46.0 Å². The van der Waals surface area contributed by atoms with Crippen LogP contribution < -0.4 is 11.1 Å². The molecule has 108 valence electrons. The van der Waals surface area contributed by atoms with E-state index in [4.69, 9.17) is 5.73 Å². The highest BCUT2D eigenvalue weighted by Crippen LogP contribution is 2.29. The largest absolute Gasteiger partial charge is 0.396 e. The second-order valence-electron chi connectivity index (χ2n) is 5.55. The van der Waals surface area contributed by atoms with Gasteiger partial charge < -0.3 is 16.0 Å². The van der Waals surface area contributed by atoms with Gasteiger partial charge in [-0.25, -0.2) is 0 Å². The molecule has 0 unspecified atom stereocenters. The number of amides is 2. The second-order valence-corrected chi connectivity index (χ2v) is 5.55. The Balaban J connectivity index is 1.52. The molecule has 1 aromatic heterocycles. The van der Waals surface area contributed by atoms with Gasteiger partial charge in [0.25, 0.3) is 5.91 Å². The maximum Gasteiger partial charge on any atom is 0.274 e. The summed E-state index contributed by atoms with van der Waals surface area (Å²) in [4.78, 5) is 25.7.